The Morgan fingerprint density at radius 1 is 1.29 bits per heavy atom. The van der Waals surface area contributed by atoms with Crippen LogP contribution in [-0.2, 0) is 13.0 Å². The van der Waals surface area contributed by atoms with Gasteiger partial charge in [0.25, 0.3) is 5.91 Å². The van der Waals surface area contributed by atoms with Crippen LogP contribution in [0, 0.1) is 5.82 Å². The number of amides is 1. The Balaban J connectivity index is 1.70. The molecule has 21 heavy (non-hydrogen) atoms. The smallest absolute Gasteiger partial charge is 0.251 e. The molecule has 1 aliphatic heterocycles. The number of fused-ring (bicyclic) bond motifs is 1. The van der Waals surface area contributed by atoms with E-state index in [1.165, 1.54) is 6.07 Å². The molecule has 0 saturated heterocycles. The SMILES string of the molecule is O=C(NCc1cc(Br)ccc1F)c1ccc2c(c1)CCN2. The molecule has 0 aliphatic carbocycles. The van der Waals surface area contributed by atoms with E-state index in [1.807, 2.05) is 12.1 Å². The maximum atomic E-state index is 13.6. The van der Waals surface area contributed by atoms with Crippen LogP contribution in [0.1, 0.15) is 21.5 Å². The molecule has 0 atom stereocenters. The number of halogens is 2. The van der Waals surface area contributed by atoms with Crippen LogP contribution in [0.3, 0.4) is 0 Å². The van der Waals surface area contributed by atoms with Gasteiger partial charge in [-0.3, -0.25) is 4.79 Å². The Kier molecular flexibility index (Phi) is 3.92. The van der Waals surface area contributed by atoms with Crippen molar-refractivity contribution in [3.05, 3.63) is 63.4 Å². The second-order valence-electron chi connectivity index (χ2n) is 4.97. The molecule has 0 bridgehead atoms. The van der Waals surface area contributed by atoms with E-state index < -0.39 is 0 Å². The standard InChI is InChI=1S/C16H14BrFN2O/c17-13-2-3-14(18)12(8-13)9-20-16(21)11-1-4-15-10(7-11)5-6-19-15/h1-4,7-8,19H,5-6,9H2,(H,20,21). The zero-order valence-electron chi connectivity index (χ0n) is 11.2. The van der Waals surface area contributed by atoms with Crippen molar-refractivity contribution in [1.82, 2.24) is 5.32 Å². The molecule has 0 radical (unpaired) electrons. The molecule has 2 aromatic rings. The summed E-state index contributed by atoms with van der Waals surface area (Å²) in [6.45, 7) is 1.07. The van der Waals surface area contributed by atoms with Gasteiger partial charge in [0, 0.05) is 34.4 Å². The summed E-state index contributed by atoms with van der Waals surface area (Å²) in [5, 5.41) is 6.01. The van der Waals surface area contributed by atoms with Crippen molar-refractivity contribution in [2.45, 2.75) is 13.0 Å². The van der Waals surface area contributed by atoms with Crippen molar-refractivity contribution in [3.8, 4) is 0 Å². The maximum absolute atomic E-state index is 13.6. The molecule has 1 amide bonds. The van der Waals surface area contributed by atoms with Crippen molar-refractivity contribution < 1.29 is 9.18 Å². The molecule has 3 nitrogen and oxygen atoms in total. The fourth-order valence-electron chi connectivity index (χ4n) is 2.40. The first-order valence-electron chi connectivity index (χ1n) is 6.72. The van der Waals surface area contributed by atoms with Gasteiger partial charge in [-0.25, -0.2) is 4.39 Å². The topological polar surface area (TPSA) is 41.1 Å². The molecule has 3 rings (SSSR count). The summed E-state index contributed by atoms with van der Waals surface area (Å²) >= 11 is 3.30. The number of hydrogen-bond acceptors (Lipinski definition) is 2. The first-order chi connectivity index (χ1) is 10.1. The number of rotatable bonds is 3. The predicted octanol–water partition coefficient (Wildman–Crippen LogP) is 3.49. The molecule has 2 N–H and O–H groups in total. The van der Waals surface area contributed by atoms with Crippen LogP contribution < -0.4 is 10.6 Å². The molecule has 1 heterocycles. The monoisotopic (exact) mass is 348 g/mol. The van der Waals surface area contributed by atoms with Gasteiger partial charge in [0.15, 0.2) is 0 Å². The second kappa shape index (κ2) is 5.85. The lowest BCUT2D eigenvalue weighted by molar-refractivity contribution is 0.0950. The Morgan fingerprint density at radius 2 is 2.14 bits per heavy atom. The van der Waals surface area contributed by atoms with E-state index in [-0.39, 0.29) is 18.3 Å². The fraction of sp³-hybridized carbons (Fsp3) is 0.188. The van der Waals surface area contributed by atoms with Crippen LogP contribution in [0.25, 0.3) is 0 Å². The Bertz CT molecular complexity index is 703. The average molecular weight is 349 g/mol. The van der Waals surface area contributed by atoms with Gasteiger partial charge >= 0.3 is 0 Å². The highest BCUT2D eigenvalue weighted by Gasteiger charge is 2.13. The lowest BCUT2D eigenvalue weighted by Gasteiger charge is -2.08. The summed E-state index contributed by atoms with van der Waals surface area (Å²) in [7, 11) is 0. The van der Waals surface area contributed by atoms with Crippen molar-refractivity contribution >= 4 is 27.5 Å². The van der Waals surface area contributed by atoms with Crippen LogP contribution in [0.15, 0.2) is 40.9 Å². The highest BCUT2D eigenvalue weighted by Crippen LogP contribution is 2.23. The molecular weight excluding hydrogens is 335 g/mol. The zero-order valence-corrected chi connectivity index (χ0v) is 12.8. The van der Waals surface area contributed by atoms with Crippen LogP contribution in [0.2, 0.25) is 0 Å². The Hall–Kier alpha value is -1.88. The molecule has 2 aromatic carbocycles. The molecule has 1 aliphatic rings. The normalized spacial score (nSPS) is 12.7. The number of carbonyl (C=O) groups is 1. The van der Waals surface area contributed by atoms with E-state index in [4.69, 9.17) is 0 Å². The molecular formula is C16H14BrFN2O. The lowest BCUT2D eigenvalue weighted by Crippen LogP contribution is -2.23. The molecule has 0 spiro atoms. The molecule has 0 unspecified atom stereocenters. The summed E-state index contributed by atoms with van der Waals surface area (Å²) < 4.78 is 14.4. The highest BCUT2D eigenvalue weighted by atomic mass is 79.9. The minimum atomic E-state index is -0.323. The van der Waals surface area contributed by atoms with Gasteiger partial charge in [0.1, 0.15) is 5.82 Å². The van der Waals surface area contributed by atoms with E-state index in [0.29, 0.717) is 11.1 Å². The largest absolute Gasteiger partial charge is 0.384 e. The molecule has 0 saturated carbocycles. The third kappa shape index (κ3) is 3.08. The van der Waals surface area contributed by atoms with E-state index in [9.17, 15) is 9.18 Å². The predicted molar refractivity (Wildman–Crippen MR) is 83.9 cm³/mol. The molecule has 5 heteroatoms. The highest BCUT2D eigenvalue weighted by molar-refractivity contribution is 9.10. The average Bonchev–Trinajstić information content (AvgIpc) is 2.95. The van der Waals surface area contributed by atoms with Crippen LogP contribution >= 0.6 is 15.9 Å². The Morgan fingerprint density at radius 3 is 3.00 bits per heavy atom. The van der Waals surface area contributed by atoms with Crippen molar-refractivity contribution in [1.29, 1.82) is 0 Å². The third-order valence-corrected chi connectivity index (χ3v) is 4.02. The van der Waals surface area contributed by atoms with Gasteiger partial charge in [-0.2, -0.15) is 0 Å². The first kappa shape index (κ1) is 14.1. The van der Waals surface area contributed by atoms with E-state index in [0.717, 1.165) is 28.7 Å². The van der Waals surface area contributed by atoms with Gasteiger partial charge in [0.2, 0.25) is 0 Å². The van der Waals surface area contributed by atoms with E-state index >= 15 is 0 Å². The van der Waals surface area contributed by atoms with Crippen LogP contribution in [-0.4, -0.2) is 12.5 Å². The summed E-state index contributed by atoms with van der Waals surface area (Å²) in [6.07, 6.45) is 0.927. The van der Waals surface area contributed by atoms with Gasteiger partial charge in [0.05, 0.1) is 0 Å². The van der Waals surface area contributed by atoms with E-state index in [1.54, 1.807) is 18.2 Å². The Labute approximate surface area is 130 Å². The second-order valence-corrected chi connectivity index (χ2v) is 5.88. The molecule has 0 aromatic heterocycles. The summed E-state index contributed by atoms with van der Waals surface area (Å²) in [6, 6.07) is 10.3. The maximum Gasteiger partial charge on any atom is 0.251 e. The number of anilines is 1. The van der Waals surface area contributed by atoms with Crippen LogP contribution in [0.4, 0.5) is 10.1 Å². The minimum Gasteiger partial charge on any atom is -0.384 e. The van der Waals surface area contributed by atoms with E-state index in [2.05, 4.69) is 26.6 Å². The number of hydrogen-bond donors (Lipinski definition) is 2. The van der Waals surface area contributed by atoms with Crippen molar-refractivity contribution in [2.24, 2.45) is 0 Å². The fourth-order valence-corrected chi connectivity index (χ4v) is 2.81. The first-order valence-corrected chi connectivity index (χ1v) is 7.52. The quantitative estimate of drug-likeness (QED) is 0.891. The van der Waals surface area contributed by atoms with Crippen LogP contribution in [0.5, 0.6) is 0 Å². The third-order valence-electron chi connectivity index (χ3n) is 3.52. The minimum absolute atomic E-state index is 0.166. The zero-order chi connectivity index (χ0) is 14.8. The van der Waals surface area contributed by atoms with Gasteiger partial charge in [-0.05, 0) is 48.4 Å². The van der Waals surface area contributed by atoms with Crippen molar-refractivity contribution in [2.75, 3.05) is 11.9 Å². The summed E-state index contributed by atoms with van der Waals surface area (Å²) in [5.41, 5.74) is 3.30. The number of carbonyl (C=O) groups excluding carboxylic acids is 1. The van der Waals surface area contributed by atoms with Gasteiger partial charge in [-0.1, -0.05) is 15.9 Å². The van der Waals surface area contributed by atoms with Gasteiger partial charge in [-0.15, -0.1) is 0 Å². The lowest BCUT2D eigenvalue weighted by atomic mass is 10.1. The van der Waals surface area contributed by atoms with Gasteiger partial charge < -0.3 is 10.6 Å². The number of benzene rings is 2. The van der Waals surface area contributed by atoms with Crippen molar-refractivity contribution in [3.63, 3.8) is 0 Å². The molecule has 0 fully saturated rings. The summed E-state index contributed by atoms with van der Waals surface area (Å²) in [4.78, 5) is 12.1. The number of nitrogens with one attached hydrogen (secondary N) is 2. The summed E-state index contributed by atoms with van der Waals surface area (Å²) in [5.74, 6) is -0.513. The molecule has 108 valence electrons.